The highest BCUT2D eigenvalue weighted by Crippen LogP contribution is 2.29. The van der Waals surface area contributed by atoms with Gasteiger partial charge in [0, 0.05) is 7.05 Å². The molecule has 2 atom stereocenters. The highest BCUT2D eigenvalue weighted by Gasteiger charge is 2.35. The number of rotatable bonds is 7. The van der Waals surface area contributed by atoms with Crippen LogP contribution in [0.2, 0.25) is 5.02 Å². The topological polar surface area (TPSA) is 87.7 Å². The molecule has 2 unspecified atom stereocenters. The second-order valence-electron chi connectivity index (χ2n) is 9.55. The van der Waals surface area contributed by atoms with E-state index in [0.717, 1.165) is 5.56 Å². The van der Waals surface area contributed by atoms with E-state index < -0.39 is 35.6 Å². The Labute approximate surface area is 206 Å². The molecule has 2 rings (SSSR count). The van der Waals surface area contributed by atoms with Crippen molar-refractivity contribution in [1.29, 1.82) is 0 Å². The molecule has 3 amide bonds. The summed E-state index contributed by atoms with van der Waals surface area (Å²) in [5.74, 6) is -1.08. The molecule has 0 aliphatic carbocycles. The minimum atomic E-state index is -0.953. The summed E-state index contributed by atoms with van der Waals surface area (Å²) in [6.45, 7) is 10.7. The number of nitrogens with zero attached hydrogens (tertiary/aromatic N) is 1. The Hall–Kier alpha value is -3.06. The van der Waals surface area contributed by atoms with Crippen LogP contribution in [0, 0.1) is 12.8 Å². The number of para-hydroxylation sites is 1. The first-order chi connectivity index (χ1) is 15.8. The summed E-state index contributed by atoms with van der Waals surface area (Å²) in [6, 6.07) is 12.5. The third kappa shape index (κ3) is 7.22. The van der Waals surface area contributed by atoms with Crippen LogP contribution in [-0.2, 0) is 14.3 Å². The second-order valence-corrected chi connectivity index (χ2v) is 9.96. The molecule has 0 saturated carbocycles. The molecule has 2 aromatic rings. The lowest BCUT2D eigenvalue weighted by molar-refractivity contribution is -0.140. The van der Waals surface area contributed by atoms with Crippen molar-refractivity contribution in [3.8, 4) is 0 Å². The average molecular weight is 488 g/mol. The van der Waals surface area contributed by atoms with E-state index in [9.17, 15) is 14.4 Å². The number of nitrogens with one attached hydrogen (secondary N) is 2. The van der Waals surface area contributed by atoms with Crippen LogP contribution in [0.3, 0.4) is 0 Å². The molecular formula is C26H34ClN3O4. The number of hydrogen-bond acceptors (Lipinski definition) is 4. The van der Waals surface area contributed by atoms with Gasteiger partial charge in [-0.15, -0.1) is 0 Å². The van der Waals surface area contributed by atoms with E-state index in [4.69, 9.17) is 16.3 Å². The number of benzene rings is 2. The Morgan fingerprint density at radius 3 is 2.15 bits per heavy atom. The van der Waals surface area contributed by atoms with E-state index in [-0.39, 0.29) is 5.92 Å². The number of aryl methyl sites for hydroxylation is 1. The third-order valence-corrected chi connectivity index (χ3v) is 5.49. The molecule has 184 valence electrons. The first-order valence-corrected chi connectivity index (χ1v) is 11.6. The van der Waals surface area contributed by atoms with Crippen molar-refractivity contribution in [2.24, 2.45) is 5.92 Å². The fourth-order valence-corrected chi connectivity index (χ4v) is 3.73. The van der Waals surface area contributed by atoms with Gasteiger partial charge >= 0.3 is 6.09 Å². The van der Waals surface area contributed by atoms with Gasteiger partial charge in [-0.25, -0.2) is 4.79 Å². The molecule has 34 heavy (non-hydrogen) atoms. The first-order valence-electron chi connectivity index (χ1n) is 11.2. The smallest absolute Gasteiger partial charge is 0.408 e. The number of likely N-dealkylation sites (N-methyl/N-ethyl adjacent to an activating group) is 1. The lowest BCUT2D eigenvalue weighted by Gasteiger charge is -2.33. The Morgan fingerprint density at radius 1 is 1.00 bits per heavy atom. The quantitative estimate of drug-likeness (QED) is 0.552. The largest absolute Gasteiger partial charge is 0.444 e. The number of alkyl carbamates (subject to hydrolysis) is 1. The number of halogens is 1. The van der Waals surface area contributed by atoms with Crippen LogP contribution in [0.15, 0.2) is 48.5 Å². The molecule has 8 heteroatoms. The van der Waals surface area contributed by atoms with E-state index in [1.165, 1.54) is 4.90 Å². The van der Waals surface area contributed by atoms with Crippen molar-refractivity contribution >= 4 is 35.2 Å². The SMILES string of the molecule is Cc1cccc(Cl)c1NC(=O)C(c1ccccc1)N(C)C(=O)C(NC(=O)OC(C)(C)C)C(C)C. The van der Waals surface area contributed by atoms with Crippen LogP contribution in [0.1, 0.15) is 51.8 Å². The van der Waals surface area contributed by atoms with E-state index in [1.54, 1.807) is 64.2 Å². The minimum absolute atomic E-state index is 0.243. The van der Waals surface area contributed by atoms with Crippen molar-refractivity contribution < 1.29 is 19.1 Å². The minimum Gasteiger partial charge on any atom is -0.444 e. The van der Waals surface area contributed by atoms with Gasteiger partial charge in [0.05, 0.1) is 10.7 Å². The summed E-state index contributed by atoms with van der Waals surface area (Å²) in [7, 11) is 1.55. The Balaban J connectivity index is 2.37. The van der Waals surface area contributed by atoms with Gasteiger partial charge in [-0.2, -0.15) is 0 Å². The predicted molar refractivity (Wildman–Crippen MR) is 135 cm³/mol. The fraction of sp³-hybridized carbons (Fsp3) is 0.423. The number of anilines is 1. The second kappa shape index (κ2) is 11.4. The summed E-state index contributed by atoms with van der Waals surface area (Å²) < 4.78 is 5.33. The standard InChI is InChI=1S/C26H34ClN3O4/c1-16(2)20(29-25(33)34-26(4,5)6)24(32)30(7)22(18-13-9-8-10-14-18)23(31)28-21-17(3)12-11-15-19(21)27/h8-16,20,22H,1-7H3,(H,28,31)(H,29,33). The zero-order valence-corrected chi connectivity index (χ0v) is 21.6. The number of hydrogen-bond donors (Lipinski definition) is 2. The van der Waals surface area contributed by atoms with Gasteiger partial charge in [-0.05, 0) is 50.8 Å². The number of amides is 3. The zero-order valence-electron chi connectivity index (χ0n) is 20.8. The van der Waals surface area contributed by atoms with Gasteiger partial charge in [-0.3, -0.25) is 9.59 Å². The third-order valence-electron chi connectivity index (χ3n) is 5.17. The maximum atomic E-state index is 13.5. The summed E-state index contributed by atoms with van der Waals surface area (Å²) in [4.78, 5) is 40.8. The van der Waals surface area contributed by atoms with Crippen molar-refractivity contribution in [2.75, 3.05) is 12.4 Å². The van der Waals surface area contributed by atoms with Crippen LogP contribution in [0.4, 0.5) is 10.5 Å². The molecule has 0 spiro atoms. The molecular weight excluding hydrogens is 454 g/mol. The number of carbonyl (C=O) groups excluding carboxylic acids is 3. The predicted octanol–water partition coefficient (Wildman–Crippen LogP) is 5.34. The molecule has 0 aromatic heterocycles. The molecule has 0 saturated heterocycles. The summed E-state index contributed by atoms with van der Waals surface area (Å²) >= 11 is 6.31. The van der Waals surface area contributed by atoms with Gasteiger partial charge < -0.3 is 20.3 Å². The molecule has 0 aliphatic rings. The molecule has 0 fully saturated rings. The van der Waals surface area contributed by atoms with Crippen LogP contribution >= 0.6 is 11.6 Å². The van der Waals surface area contributed by atoms with Gasteiger partial charge in [-0.1, -0.05) is 67.9 Å². The monoisotopic (exact) mass is 487 g/mol. The number of ether oxygens (including phenoxy) is 1. The molecule has 2 N–H and O–H groups in total. The van der Waals surface area contributed by atoms with E-state index in [2.05, 4.69) is 10.6 Å². The molecule has 0 heterocycles. The molecule has 0 aliphatic heterocycles. The summed E-state index contributed by atoms with van der Waals surface area (Å²) in [5, 5.41) is 5.94. The van der Waals surface area contributed by atoms with Gasteiger partial charge in [0.25, 0.3) is 5.91 Å². The summed E-state index contributed by atoms with van der Waals surface area (Å²) in [5.41, 5.74) is 1.21. The zero-order chi connectivity index (χ0) is 25.6. The highest BCUT2D eigenvalue weighted by atomic mass is 35.5. The maximum absolute atomic E-state index is 13.5. The highest BCUT2D eigenvalue weighted by molar-refractivity contribution is 6.34. The molecule has 7 nitrogen and oxygen atoms in total. The fourth-order valence-electron chi connectivity index (χ4n) is 3.46. The molecule has 2 aromatic carbocycles. The average Bonchev–Trinajstić information content (AvgIpc) is 2.73. The van der Waals surface area contributed by atoms with E-state index in [0.29, 0.717) is 16.3 Å². The Bertz CT molecular complexity index is 998. The van der Waals surface area contributed by atoms with Gasteiger partial charge in [0.15, 0.2) is 0 Å². The molecule has 0 bridgehead atoms. The Morgan fingerprint density at radius 2 is 1.62 bits per heavy atom. The maximum Gasteiger partial charge on any atom is 0.408 e. The van der Waals surface area contributed by atoms with Crippen LogP contribution in [0.5, 0.6) is 0 Å². The number of carbonyl (C=O) groups is 3. The molecule has 0 radical (unpaired) electrons. The van der Waals surface area contributed by atoms with Gasteiger partial charge in [0.1, 0.15) is 17.7 Å². The van der Waals surface area contributed by atoms with Crippen molar-refractivity contribution in [3.05, 3.63) is 64.7 Å². The first kappa shape index (κ1) is 27.2. The van der Waals surface area contributed by atoms with Gasteiger partial charge in [0.2, 0.25) is 5.91 Å². The van der Waals surface area contributed by atoms with E-state index in [1.807, 2.05) is 32.9 Å². The lowest BCUT2D eigenvalue weighted by Crippen LogP contribution is -2.53. The van der Waals surface area contributed by atoms with E-state index >= 15 is 0 Å². The van der Waals surface area contributed by atoms with Crippen molar-refractivity contribution in [3.63, 3.8) is 0 Å². The van der Waals surface area contributed by atoms with Crippen LogP contribution < -0.4 is 10.6 Å². The Kier molecular flexibility index (Phi) is 9.10. The normalized spacial score (nSPS) is 13.1. The van der Waals surface area contributed by atoms with Crippen LogP contribution in [-0.4, -0.2) is 41.5 Å². The van der Waals surface area contributed by atoms with Crippen molar-refractivity contribution in [2.45, 2.75) is 59.2 Å². The van der Waals surface area contributed by atoms with Crippen LogP contribution in [0.25, 0.3) is 0 Å². The van der Waals surface area contributed by atoms with Crippen molar-refractivity contribution in [1.82, 2.24) is 10.2 Å². The lowest BCUT2D eigenvalue weighted by atomic mass is 9.99. The summed E-state index contributed by atoms with van der Waals surface area (Å²) in [6.07, 6.45) is -0.694.